The van der Waals surface area contributed by atoms with Crippen molar-refractivity contribution >= 4 is 10.9 Å². The predicted molar refractivity (Wildman–Crippen MR) is 140 cm³/mol. The van der Waals surface area contributed by atoms with Gasteiger partial charge in [0, 0.05) is 65.4 Å². The Hall–Kier alpha value is -2.44. The van der Waals surface area contributed by atoms with E-state index in [4.69, 9.17) is 4.74 Å². The van der Waals surface area contributed by atoms with Crippen LogP contribution in [0.2, 0.25) is 0 Å². The molecule has 1 aromatic heterocycles. The number of alkyl halides is 1. The van der Waals surface area contributed by atoms with Crippen molar-refractivity contribution in [1.82, 2.24) is 14.8 Å². The van der Waals surface area contributed by atoms with Gasteiger partial charge in [0.25, 0.3) is 0 Å². The number of hydrogen-bond donors (Lipinski definition) is 1. The molecule has 0 amide bonds. The van der Waals surface area contributed by atoms with Gasteiger partial charge in [-0.2, -0.15) is 0 Å². The van der Waals surface area contributed by atoms with Crippen LogP contribution in [0.4, 0.5) is 8.78 Å². The first-order valence-electron chi connectivity index (χ1n) is 13.4. The van der Waals surface area contributed by atoms with Gasteiger partial charge in [-0.1, -0.05) is 24.8 Å². The maximum Gasteiger partial charge on any atom is 0.131 e. The van der Waals surface area contributed by atoms with Crippen LogP contribution in [0.15, 0.2) is 60.2 Å². The highest BCUT2D eigenvalue weighted by Crippen LogP contribution is 2.64. The van der Waals surface area contributed by atoms with E-state index in [0.29, 0.717) is 24.0 Å². The second kappa shape index (κ2) is 9.14. The summed E-state index contributed by atoms with van der Waals surface area (Å²) in [6.45, 7) is 10.9. The third-order valence-corrected chi connectivity index (χ3v) is 9.04. The smallest absolute Gasteiger partial charge is 0.131 e. The van der Waals surface area contributed by atoms with Gasteiger partial charge in [0.15, 0.2) is 0 Å². The topological polar surface area (TPSA) is 31.5 Å². The van der Waals surface area contributed by atoms with Crippen molar-refractivity contribution in [3.8, 4) is 0 Å². The Morgan fingerprint density at radius 2 is 2.00 bits per heavy atom. The zero-order valence-corrected chi connectivity index (χ0v) is 21.4. The summed E-state index contributed by atoms with van der Waals surface area (Å²) in [5.74, 6) is 1.17. The number of likely N-dealkylation sites (tertiary alicyclic amines) is 1. The molecule has 7 rings (SSSR count). The normalized spacial score (nSPS) is 30.9. The summed E-state index contributed by atoms with van der Waals surface area (Å²) in [7, 11) is 0. The highest BCUT2D eigenvalue weighted by Gasteiger charge is 2.63. The maximum absolute atomic E-state index is 15.9. The van der Waals surface area contributed by atoms with E-state index in [1.54, 1.807) is 6.08 Å². The van der Waals surface area contributed by atoms with Crippen molar-refractivity contribution in [2.75, 3.05) is 32.9 Å². The summed E-state index contributed by atoms with van der Waals surface area (Å²) in [4.78, 5) is 8.39. The van der Waals surface area contributed by atoms with E-state index in [-0.39, 0.29) is 30.0 Å². The van der Waals surface area contributed by atoms with Gasteiger partial charge in [0.05, 0.1) is 12.7 Å². The van der Waals surface area contributed by atoms with Gasteiger partial charge in [-0.15, -0.1) is 0 Å². The number of allylic oxidation sites excluding steroid dienone is 2. The second-order valence-electron chi connectivity index (χ2n) is 11.5. The van der Waals surface area contributed by atoms with Crippen molar-refractivity contribution in [3.05, 3.63) is 71.4 Å². The minimum atomic E-state index is -0.329. The number of ether oxygens (including phenoxy) is 1. The van der Waals surface area contributed by atoms with E-state index in [9.17, 15) is 4.39 Å². The molecular formula is C30H37F2N3O. The number of halogens is 2. The Morgan fingerprint density at radius 3 is 2.67 bits per heavy atom. The van der Waals surface area contributed by atoms with Gasteiger partial charge in [-0.05, 0) is 63.2 Å². The Morgan fingerprint density at radius 1 is 1.25 bits per heavy atom. The molecule has 0 spiro atoms. The minimum absolute atomic E-state index is 0.156. The average Bonchev–Trinajstić information content (AvgIpc) is 3.15. The van der Waals surface area contributed by atoms with E-state index in [1.807, 2.05) is 13.0 Å². The molecule has 3 heterocycles. The van der Waals surface area contributed by atoms with E-state index >= 15 is 4.39 Å². The lowest BCUT2D eigenvalue weighted by molar-refractivity contribution is -0.174. The molecule has 1 aromatic carbocycles. The number of H-pyrrole nitrogens is 1. The lowest BCUT2D eigenvalue weighted by Crippen LogP contribution is -2.71. The number of nitrogens with one attached hydrogen (secondary N) is 1. The second-order valence-corrected chi connectivity index (χ2v) is 11.5. The summed E-state index contributed by atoms with van der Waals surface area (Å²) in [5, 5.41) is 1.23. The summed E-state index contributed by atoms with van der Waals surface area (Å²) >= 11 is 0. The Bertz CT molecular complexity index is 1210. The molecular weight excluding hydrogens is 456 g/mol. The van der Waals surface area contributed by atoms with Crippen LogP contribution in [0, 0.1) is 11.8 Å². The van der Waals surface area contributed by atoms with Crippen LogP contribution in [0.25, 0.3) is 10.9 Å². The number of rotatable bonds is 9. The van der Waals surface area contributed by atoms with E-state index in [0.717, 1.165) is 43.2 Å². The number of benzene rings is 1. The fraction of sp³-hybridized carbons (Fsp3) is 0.533. The number of aromatic nitrogens is 1. The van der Waals surface area contributed by atoms with E-state index in [1.165, 1.54) is 36.3 Å². The van der Waals surface area contributed by atoms with Crippen LogP contribution in [0.1, 0.15) is 50.4 Å². The Balaban J connectivity index is 1.24. The number of para-hydroxylation sites is 1. The zero-order chi connectivity index (χ0) is 25.0. The summed E-state index contributed by atoms with van der Waals surface area (Å²) in [5.41, 5.74) is 4.17. The lowest BCUT2D eigenvalue weighted by atomic mass is 9.48. The van der Waals surface area contributed by atoms with Crippen LogP contribution < -0.4 is 0 Å². The zero-order valence-electron chi connectivity index (χ0n) is 21.4. The molecule has 1 N–H and O–H groups in total. The first-order chi connectivity index (χ1) is 17.4. The van der Waals surface area contributed by atoms with Gasteiger partial charge < -0.3 is 9.72 Å². The molecule has 4 fully saturated rings. The molecule has 0 radical (unpaired) electrons. The first kappa shape index (κ1) is 23.9. The molecule has 36 heavy (non-hydrogen) atoms. The van der Waals surface area contributed by atoms with Gasteiger partial charge >= 0.3 is 0 Å². The quantitative estimate of drug-likeness (QED) is 0.331. The molecule has 2 aromatic rings. The van der Waals surface area contributed by atoms with Crippen LogP contribution in [0.3, 0.4) is 0 Å². The number of nitrogens with zero attached hydrogens (tertiary/aromatic N) is 2. The Labute approximate surface area is 212 Å². The van der Waals surface area contributed by atoms with Crippen molar-refractivity contribution in [3.63, 3.8) is 0 Å². The molecule has 3 aliphatic carbocycles. The van der Waals surface area contributed by atoms with Gasteiger partial charge in [0.2, 0.25) is 0 Å². The largest absolute Gasteiger partial charge is 0.493 e. The van der Waals surface area contributed by atoms with Crippen LogP contribution in [-0.2, 0) is 11.2 Å². The van der Waals surface area contributed by atoms with Gasteiger partial charge in [-0.25, -0.2) is 4.39 Å². The lowest BCUT2D eigenvalue weighted by Gasteiger charge is -2.70. The molecule has 3 saturated carbocycles. The third-order valence-electron chi connectivity index (χ3n) is 9.04. The molecule has 1 saturated heterocycles. The molecule has 0 unspecified atom stereocenters. The van der Waals surface area contributed by atoms with Gasteiger partial charge in [-0.3, -0.25) is 14.2 Å². The molecule has 5 aliphatic rings. The molecule has 2 atom stereocenters. The van der Waals surface area contributed by atoms with Gasteiger partial charge in [0.1, 0.15) is 18.2 Å². The molecule has 192 valence electrons. The summed E-state index contributed by atoms with van der Waals surface area (Å²) < 4.78 is 34.5. The summed E-state index contributed by atoms with van der Waals surface area (Å²) in [6.07, 6.45) is 7.89. The first-order valence-corrected chi connectivity index (χ1v) is 13.4. The highest BCUT2D eigenvalue weighted by molar-refractivity contribution is 5.85. The fourth-order valence-corrected chi connectivity index (χ4v) is 7.10. The standard InChI is InChI=1S/C30H37F2N3O/c1-4-23(36-10-9-34-17-22(16-31)18-34)12-26(32)20(3)29-28-25(24-7-5-6-8-27(24)33-28)11-19(2)35(29)30-13-21(14-30)15-30/h4-8,12,19,21-22,29,33H,3,9-11,13-18H2,1-2H3/b23-4+,26-12+/t19-,21?,29-,30?/m1/s1. The number of hydrogen-bond acceptors (Lipinski definition) is 3. The van der Waals surface area contributed by atoms with Crippen LogP contribution >= 0.6 is 0 Å². The van der Waals surface area contributed by atoms with Crippen LogP contribution in [0.5, 0.6) is 0 Å². The number of fused-ring (bicyclic) bond motifs is 3. The Kier molecular flexibility index (Phi) is 6.08. The van der Waals surface area contributed by atoms with Crippen LogP contribution in [-0.4, -0.2) is 59.3 Å². The SMILES string of the molecule is C=C(/C(F)=C\C(=C/C)OCCN1CC(CF)C1)[C@@H]1c2[nH]c3ccccc3c2C[C@@H](C)N1C12CC(C1)C2. The predicted octanol–water partition coefficient (Wildman–Crippen LogP) is 6.24. The molecule has 2 aliphatic heterocycles. The number of aromatic amines is 1. The monoisotopic (exact) mass is 493 g/mol. The van der Waals surface area contributed by atoms with Crippen molar-refractivity contribution in [2.24, 2.45) is 11.8 Å². The highest BCUT2D eigenvalue weighted by atomic mass is 19.1. The van der Waals surface area contributed by atoms with E-state index < -0.39 is 0 Å². The van der Waals surface area contributed by atoms with E-state index in [2.05, 4.69) is 46.5 Å². The fourth-order valence-electron chi connectivity index (χ4n) is 7.10. The van der Waals surface area contributed by atoms with Crippen molar-refractivity contribution in [1.29, 1.82) is 0 Å². The summed E-state index contributed by atoms with van der Waals surface area (Å²) in [6, 6.07) is 8.49. The average molecular weight is 494 g/mol. The van der Waals surface area contributed by atoms with Crippen molar-refractivity contribution < 1.29 is 13.5 Å². The minimum Gasteiger partial charge on any atom is -0.493 e. The van der Waals surface area contributed by atoms with Crippen molar-refractivity contribution in [2.45, 2.75) is 57.2 Å². The maximum atomic E-state index is 15.9. The molecule has 6 heteroatoms. The third kappa shape index (κ3) is 3.84. The molecule has 4 nitrogen and oxygen atoms in total. The molecule has 2 bridgehead atoms.